The summed E-state index contributed by atoms with van der Waals surface area (Å²) in [5.41, 5.74) is 0.956. The monoisotopic (exact) mass is 278 g/mol. The fourth-order valence-electron chi connectivity index (χ4n) is 1.28. The van der Waals surface area contributed by atoms with Crippen LogP contribution in [0.3, 0.4) is 0 Å². The lowest BCUT2D eigenvalue weighted by Crippen LogP contribution is -2.00. The third-order valence-corrected chi connectivity index (χ3v) is 3.57. The Hall–Kier alpha value is -0.0500. The molecule has 0 atom stereocenters. The van der Waals surface area contributed by atoms with Gasteiger partial charge in [-0.05, 0) is 36.1 Å². The average Bonchev–Trinajstić information content (AvgIpc) is 2.30. The SMILES string of the molecule is CCSCCCOc1ccc(Cl)cc1CCl. The summed E-state index contributed by atoms with van der Waals surface area (Å²) in [5, 5.41) is 0.699. The van der Waals surface area contributed by atoms with E-state index in [1.807, 2.05) is 30.0 Å². The van der Waals surface area contributed by atoms with Crippen LogP contribution in [0.15, 0.2) is 18.2 Å². The van der Waals surface area contributed by atoms with E-state index in [0.717, 1.165) is 35.8 Å². The van der Waals surface area contributed by atoms with Crippen LogP contribution in [0.5, 0.6) is 5.75 Å². The first-order valence-corrected chi connectivity index (χ1v) is 7.39. The van der Waals surface area contributed by atoms with E-state index < -0.39 is 0 Å². The van der Waals surface area contributed by atoms with E-state index in [-0.39, 0.29) is 0 Å². The lowest BCUT2D eigenvalue weighted by Gasteiger charge is -2.09. The quantitative estimate of drug-likeness (QED) is 0.533. The van der Waals surface area contributed by atoms with Gasteiger partial charge in [0.1, 0.15) is 5.75 Å². The van der Waals surface area contributed by atoms with Gasteiger partial charge in [0.05, 0.1) is 12.5 Å². The van der Waals surface area contributed by atoms with Crippen molar-refractivity contribution in [3.63, 3.8) is 0 Å². The highest BCUT2D eigenvalue weighted by Gasteiger charge is 2.03. The largest absolute Gasteiger partial charge is 0.493 e. The van der Waals surface area contributed by atoms with Crippen molar-refractivity contribution in [3.8, 4) is 5.75 Å². The molecule has 0 unspecified atom stereocenters. The van der Waals surface area contributed by atoms with Gasteiger partial charge in [-0.2, -0.15) is 11.8 Å². The van der Waals surface area contributed by atoms with Crippen molar-refractivity contribution >= 4 is 35.0 Å². The summed E-state index contributed by atoms with van der Waals surface area (Å²) in [6.07, 6.45) is 1.06. The maximum Gasteiger partial charge on any atom is 0.123 e. The number of benzene rings is 1. The Morgan fingerprint density at radius 2 is 2.19 bits per heavy atom. The summed E-state index contributed by atoms with van der Waals surface area (Å²) < 4.78 is 5.67. The standard InChI is InChI=1S/C12H16Cl2OS/c1-2-16-7-3-6-15-12-5-4-11(14)8-10(12)9-13/h4-5,8H,2-3,6-7,9H2,1H3. The first-order chi connectivity index (χ1) is 7.77. The van der Waals surface area contributed by atoms with Crippen LogP contribution in [0.4, 0.5) is 0 Å². The topological polar surface area (TPSA) is 9.23 Å². The normalized spacial score (nSPS) is 10.4. The Kier molecular flexibility index (Phi) is 7.10. The molecule has 0 amide bonds. The van der Waals surface area contributed by atoms with E-state index in [9.17, 15) is 0 Å². The number of ether oxygens (including phenoxy) is 1. The summed E-state index contributed by atoms with van der Waals surface area (Å²) in [4.78, 5) is 0. The zero-order valence-electron chi connectivity index (χ0n) is 9.34. The molecule has 90 valence electrons. The van der Waals surface area contributed by atoms with Crippen molar-refractivity contribution in [2.75, 3.05) is 18.1 Å². The van der Waals surface area contributed by atoms with Gasteiger partial charge in [-0.1, -0.05) is 18.5 Å². The van der Waals surface area contributed by atoms with Crippen LogP contribution >= 0.6 is 35.0 Å². The van der Waals surface area contributed by atoms with Gasteiger partial charge in [0.2, 0.25) is 0 Å². The third kappa shape index (κ3) is 4.86. The molecular weight excluding hydrogens is 263 g/mol. The summed E-state index contributed by atoms with van der Waals surface area (Å²) in [6, 6.07) is 5.56. The molecule has 0 spiro atoms. The molecule has 0 N–H and O–H groups in total. The Morgan fingerprint density at radius 1 is 1.38 bits per heavy atom. The molecule has 16 heavy (non-hydrogen) atoms. The minimum absolute atomic E-state index is 0.430. The molecule has 0 aliphatic rings. The predicted octanol–water partition coefficient (Wildman–Crippen LogP) is 4.60. The van der Waals surface area contributed by atoms with Crippen molar-refractivity contribution < 1.29 is 4.74 Å². The van der Waals surface area contributed by atoms with Crippen molar-refractivity contribution in [2.24, 2.45) is 0 Å². The van der Waals surface area contributed by atoms with E-state index in [1.54, 1.807) is 0 Å². The Labute approximate surface area is 111 Å². The van der Waals surface area contributed by atoms with Crippen LogP contribution in [0, 0.1) is 0 Å². The Bertz CT molecular complexity index is 318. The highest BCUT2D eigenvalue weighted by Crippen LogP contribution is 2.24. The summed E-state index contributed by atoms with van der Waals surface area (Å²) >= 11 is 13.6. The molecule has 0 aliphatic carbocycles. The van der Waals surface area contributed by atoms with Crippen LogP contribution in [-0.2, 0) is 5.88 Å². The maximum atomic E-state index is 5.88. The minimum atomic E-state index is 0.430. The second-order valence-electron chi connectivity index (χ2n) is 3.28. The maximum absolute atomic E-state index is 5.88. The third-order valence-electron chi connectivity index (χ3n) is 2.06. The Morgan fingerprint density at radius 3 is 2.88 bits per heavy atom. The van der Waals surface area contributed by atoms with Gasteiger partial charge >= 0.3 is 0 Å². The predicted molar refractivity (Wildman–Crippen MR) is 74.1 cm³/mol. The van der Waals surface area contributed by atoms with Gasteiger partial charge in [-0.15, -0.1) is 11.6 Å². The number of thioether (sulfide) groups is 1. The summed E-state index contributed by atoms with van der Waals surface area (Å²) in [6.45, 7) is 2.90. The number of rotatable bonds is 7. The van der Waals surface area contributed by atoms with Crippen LogP contribution in [0.1, 0.15) is 18.9 Å². The fourth-order valence-corrected chi connectivity index (χ4v) is 2.29. The van der Waals surface area contributed by atoms with Gasteiger partial charge in [0.15, 0.2) is 0 Å². The zero-order chi connectivity index (χ0) is 11.8. The van der Waals surface area contributed by atoms with Crippen LogP contribution in [0.25, 0.3) is 0 Å². The number of halogens is 2. The van der Waals surface area contributed by atoms with E-state index in [0.29, 0.717) is 10.9 Å². The second kappa shape index (κ2) is 8.10. The smallest absolute Gasteiger partial charge is 0.123 e. The molecule has 4 heteroatoms. The number of alkyl halides is 1. The molecule has 0 fully saturated rings. The second-order valence-corrected chi connectivity index (χ2v) is 5.38. The first-order valence-electron chi connectivity index (χ1n) is 5.33. The van der Waals surface area contributed by atoms with Crippen molar-refractivity contribution in [1.82, 2.24) is 0 Å². The van der Waals surface area contributed by atoms with E-state index in [1.165, 1.54) is 0 Å². The lowest BCUT2D eigenvalue weighted by molar-refractivity contribution is 0.316. The minimum Gasteiger partial charge on any atom is -0.493 e. The van der Waals surface area contributed by atoms with Gasteiger partial charge in [0.25, 0.3) is 0 Å². The molecular formula is C12H16Cl2OS. The first kappa shape index (κ1) is 14.0. The highest BCUT2D eigenvalue weighted by atomic mass is 35.5. The summed E-state index contributed by atoms with van der Waals surface area (Å²) in [5.74, 6) is 3.58. The van der Waals surface area contributed by atoms with Crippen LogP contribution in [0.2, 0.25) is 5.02 Å². The van der Waals surface area contributed by atoms with Crippen molar-refractivity contribution in [1.29, 1.82) is 0 Å². The molecule has 1 aromatic carbocycles. The molecule has 0 aromatic heterocycles. The van der Waals surface area contributed by atoms with Crippen molar-refractivity contribution in [2.45, 2.75) is 19.2 Å². The highest BCUT2D eigenvalue weighted by molar-refractivity contribution is 7.99. The molecule has 0 bridgehead atoms. The molecule has 0 saturated heterocycles. The van der Waals surface area contributed by atoms with Crippen LogP contribution < -0.4 is 4.74 Å². The van der Waals surface area contributed by atoms with Gasteiger partial charge in [-0.25, -0.2) is 0 Å². The number of hydrogen-bond acceptors (Lipinski definition) is 2. The van der Waals surface area contributed by atoms with E-state index >= 15 is 0 Å². The molecule has 0 saturated carbocycles. The number of hydrogen-bond donors (Lipinski definition) is 0. The zero-order valence-corrected chi connectivity index (χ0v) is 11.7. The van der Waals surface area contributed by atoms with Gasteiger partial charge < -0.3 is 4.74 Å². The molecule has 0 aliphatic heterocycles. The van der Waals surface area contributed by atoms with Gasteiger partial charge in [-0.3, -0.25) is 0 Å². The van der Waals surface area contributed by atoms with Crippen LogP contribution in [-0.4, -0.2) is 18.1 Å². The molecule has 0 heterocycles. The van der Waals surface area contributed by atoms with Crippen molar-refractivity contribution in [3.05, 3.63) is 28.8 Å². The van der Waals surface area contributed by atoms with Gasteiger partial charge in [0, 0.05) is 10.6 Å². The molecule has 1 rings (SSSR count). The van der Waals surface area contributed by atoms with E-state index in [2.05, 4.69) is 6.92 Å². The lowest BCUT2D eigenvalue weighted by atomic mass is 10.2. The fraction of sp³-hybridized carbons (Fsp3) is 0.500. The molecule has 1 nitrogen and oxygen atoms in total. The summed E-state index contributed by atoms with van der Waals surface area (Å²) in [7, 11) is 0. The Balaban J connectivity index is 2.41. The molecule has 1 aromatic rings. The molecule has 0 radical (unpaired) electrons. The van der Waals surface area contributed by atoms with E-state index in [4.69, 9.17) is 27.9 Å². The average molecular weight is 279 g/mol.